The van der Waals surface area contributed by atoms with Crippen molar-refractivity contribution in [1.82, 2.24) is 15.3 Å². The minimum absolute atomic E-state index is 0.0647. The van der Waals surface area contributed by atoms with E-state index in [1.165, 1.54) is 0 Å². The van der Waals surface area contributed by atoms with Gasteiger partial charge < -0.3 is 10.3 Å². The highest BCUT2D eigenvalue weighted by Gasteiger charge is 2.10. The van der Waals surface area contributed by atoms with E-state index in [0.29, 0.717) is 12.2 Å². The number of H-pyrrole nitrogens is 2. The molecule has 0 saturated heterocycles. The number of aromatic amines is 2. The molecule has 1 aromatic carbocycles. The van der Waals surface area contributed by atoms with E-state index in [-0.39, 0.29) is 17.9 Å². The summed E-state index contributed by atoms with van der Waals surface area (Å²) in [6.07, 6.45) is -0.0647. The van der Waals surface area contributed by atoms with Gasteiger partial charge in [-0.05, 0) is 12.5 Å². The Bertz CT molecular complexity index is 716. The summed E-state index contributed by atoms with van der Waals surface area (Å²) in [4.78, 5) is 39.1. The highest BCUT2D eigenvalue weighted by molar-refractivity contribution is 5.78. The zero-order valence-corrected chi connectivity index (χ0v) is 11.0. The van der Waals surface area contributed by atoms with Gasteiger partial charge in [0, 0.05) is 17.8 Å². The maximum atomic E-state index is 11.8. The van der Waals surface area contributed by atoms with Crippen molar-refractivity contribution in [3.63, 3.8) is 0 Å². The molecule has 0 unspecified atom stereocenters. The Kier molecular flexibility index (Phi) is 4.14. The standard InChI is InChI=1S/C14H15N3O3/c1-9-11(13(19)17-14(20)16-9)7-12(18)15-8-10-5-3-2-4-6-10/h2-6H,7-8H2,1H3,(H,15,18)(H2,16,17,19,20). The maximum absolute atomic E-state index is 11.8. The zero-order valence-electron chi connectivity index (χ0n) is 11.0. The largest absolute Gasteiger partial charge is 0.352 e. The maximum Gasteiger partial charge on any atom is 0.325 e. The monoisotopic (exact) mass is 273 g/mol. The first-order valence-electron chi connectivity index (χ1n) is 6.19. The van der Waals surface area contributed by atoms with Gasteiger partial charge in [-0.3, -0.25) is 14.6 Å². The number of benzene rings is 1. The second-order valence-electron chi connectivity index (χ2n) is 4.45. The second kappa shape index (κ2) is 6.01. The number of hydrogen-bond donors (Lipinski definition) is 3. The van der Waals surface area contributed by atoms with Gasteiger partial charge in [-0.2, -0.15) is 0 Å². The summed E-state index contributed by atoms with van der Waals surface area (Å²) in [5.74, 6) is -0.269. The molecule has 0 spiro atoms. The Morgan fingerprint density at radius 1 is 1.15 bits per heavy atom. The molecule has 0 saturated carbocycles. The Morgan fingerprint density at radius 2 is 1.85 bits per heavy atom. The van der Waals surface area contributed by atoms with Crippen LogP contribution in [0.4, 0.5) is 0 Å². The van der Waals surface area contributed by atoms with Gasteiger partial charge in [0.1, 0.15) is 0 Å². The first-order chi connectivity index (χ1) is 9.56. The molecule has 6 nitrogen and oxygen atoms in total. The third kappa shape index (κ3) is 3.44. The van der Waals surface area contributed by atoms with Crippen LogP contribution in [0.2, 0.25) is 0 Å². The molecule has 2 aromatic rings. The average molecular weight is 273 g/mol. The van der Waals surface area contributed by atoms with Crippen molar-refractivity contribution < 1.29 is 4.79 Å². The normalized spacial score (nSPS) is 10.2. The van der Waals surface area contributed by atoms with Crippen LogP contribution >= 0.6 is 0 Å². The number of aryl methyl sites for hydroxylation is 1. The Morgan fingerprint density at radius 3 is 2.50 bits per heavy atom. The molecule has 0 atom stereocenters. The van der Waals surface area contributed by atoms with Crippen LogP contribution in [0.25, 0.3) is 0 Å². The number of aromatic nitrogens is 2. The first-order valence-corrected chi connectivity index (χ1v) is 6.19. The number of amides is 1. The highest BCUT2D eigenvalue weighted by atomic mass is 16.2. The highest BCUT2D eigenvalue weighted by Crippen LogP contribution is 1.99. The minimum atomic E-state index is -0.569. The molecule has 1 amide bonds. The molecule has 0 aliphatic carbocycles. The van der Waals surface area contributed by atoms with Gasteiger partial charge in [0.15, 0.2) is 0 Å². The number of rotatable bonds is 4. The van der Waals surface area contributed by atoms with Crippen molar-refractivity contribution in [3.05, 3.63) is 68.0 Å². The fraction of sp³-hybridized carbons (Fsp3) is 0.214. The average Bonchev–Trinajstić information content (AvgIpc) is 2.42. The van der Waals surface area contributed by atoms with E-state index < -0.39 is 11.2 Å². The van der Waals surface area contributed by atoms with Crippen LogP contribution in [-0.2, 0) is 17.8 Å². The number of nitrogens with one attached hydrogen (secondary N) is 3. The van der Waals surface area contributed by atoms with Gasteiger partial charge in [0.25, 0.3) is 5.56 Å². The van der Waals surface area contributed by atoms with Crippen molar-refractivity contribution in [2.75, 3.05) is 0 Å². The molecular formula is C14H15N3O3. The summed E-state index contributed by atoms with van der Waals surface area (Å²) in [6, 6.07) is 9.47. The predicted molar refractivity (Wildman–Crippen MR) is 74.4 cm³/mol. The van der Waals surface area contributed by atoms with Crippen molar-refractivity contribution in [1.29, 1.82) is 0 Å². The molecule has 0 aliphatic rings. The SMILES string of the molecule is Cc1[nH]c(=O)[nH]c(=O)c1CC(=O)NCc1ccccc1. The van der Waals surface area contributed by atoms with Gasteiger partial charge in [0.2, 0.25) is 5.91 Å². The molecule has 104 valence electrons. The van der Waals surface area contributed by atoms with Crippen molar-refractivity contribution in [2.24, 2.45) is 0 Å². The molecule has 0 fully saturated rings. The van der Waals surface area contributed by atoms with Gasteiger partial charge in [-0.15, -0.1) is 0 Å². The zero-order chi connectivity index (χ0) is 14.5. The van der Waals surface area contributed by atoms with E-state index in [4.69, 9.17) is 0 Å². The van der Waals surface area contributed by atoms with Crippen molar-refractivity contribution in [3.8, 4) is 0 Å². The predicted octanol–water partition coefficient (Wildman–Crippen LogP) is 0.231. The van der Waals surface area contributed by atoms with E-state index in [1.54, 1.807) is 6.92 Å². The van der Waals surface area contributed by atoms with Crippen LogP contribution in [0.15, 0.2) is 39.9 Å². The van der Waals surface area contributed by atoms with Gasteiger partial charge >= 0.3 is 5.69 Å². The molecule has 0 bridgehead atoms. The lowest BCUT2D eigenvalue weighted by molar-refractivity contribution is -0.120. The topological polar surface area (TPSA) is 94.8 Å². The molecule has 0 radical (unpaired) electrons. The van der Waals surface area contributed by atoms with E-state index >= 15 is 0 Å². The van der Waals surface area contributed by atoms with Crippen LogP contribution in [0.3, 0.4) is 0 Å². The van der Waals surface area contributed by atoms with Crippen molar-refractivity contribution >= 4 is 5.91 Å². The molecule has 6 heteroatoms. The van der Waals surface area contributed by atoms with Gasteiger partial charge in [-0.25, -0.2) is 4.79 Å². The Hall–Kier alpha value is -2.63. The van der Waals surface area contributed by atoms with Gasteiger partial charge in [-0.1, -0.05) is 30.3 Å². The summed E-state index contributed by atoms with van der Waals surface area (Å²) in [5.41, 5.74) is 0.568. The van der Waals surface area contributed by atoms with E-state index in [1.807, 2.05) is 30.3 Å². The lowest BCUT2D eigenvalue weighted by Gasteiger charge is -2.06. The quantitative estimate of drug-likeness (QED) is 0.744. The lowest BCUT2D eigenvalue weighted by Crippen LogP contribution is -2.32. The van der Waals surface area contributed by atoms with E-state index in [0.717, 1.165) is 5.56 Å². The number of carbonyl (C=O) groups is 1. The smallest absolute Gasteiger partial charge is 0.325 e. The third-order valence-corrected chi connectivity index (χ3v) is 2.92. The number of hydrogen-bond acceptors (Lipinski definition) is 3. The molecule has 1 heterocycles. The van der Waals surface area contributed by atoms with Crippen molar-refractivity contribution in [2.45, 2.75) is 19.9 Å². The fourth-order valence-corrected chi connectivity index (χ4v) is 1.86. The number of carbonyl (C=O) groups excluding carboxylic acids is 1. The van der Waals surface area contributed by atoms with Crippen LogP contribution in [0, 0.1) is 6.92 Å². The van der Waals surface area contributed by atoms with Crippen LogP contribution in [-0.4, -0.2) is 15.9 Å². The van der Waals surface area contributed by atoms with Crippen LogP contribution in [0.1, 0.15) is 16.8 Å². The molecule has 20 heavy (non-hydrogen) atoms. The fourth-order valence-electron chi connectivity index (χ4n) is 1.86. The summed E-state index contributed by atoms with van der Waals surface area (Å²) < 4.78 is 0. The van der Waals surface area contributed by atoms with E-state index in [9.17, 15) is 14.4 Å². The first kappa shape index (κ1) is 13.8. The molecule has 1 aromatic heterocycles. The lowest BCUT2D eigenvalue weighted by atomic mass is 10.1. The summed E-state index contributed by atoms with van der Waals surface area (Å²) in [5, 5.41) is 2.73. The molecule has 3 N–H and O–H groups in total. The minimum Gasteiger partial charge on any atom is -0.352 e. The summed E-state index contributed by atoms with van der Waals surface area (Å²) >= 11 is 0. The second-order valence-corrected chi connectivity index (χ2v) is 4.45. The molecule has 2 rings (SSSR count). The summed E-state index contributed by atoms with van der Waals surface area (Å²) in [7, 11) is 0. The summed E-state index contributed by atoms with van der Waals surface area (Å²) in [6.45, 7) is 2.00. The Labute approximate surface area is 114 Å². The van der Waals surface area contributed by atoms with Crippen LogP contribution < -0.4 is 16.6 Å². The van der Waals surface area contributed by atoms with Crippen LogP contribution in [0.5, 0.6) is 0 Å². The molecular weight excluding hydrogens is 258 g/mol. The third-order valence-electron chi connectivity index (χ3n) is 2.92. The van der Waals surface area contributed by atoms with Gasteiger partial charge in [0.05, 0.1) is 6.42 Å². The Balaban J connectivity index is 2.02. The molecule has 0 aliphatic heterocycles. The van der Waals surface area contributed by atoms with E-state index in [2.05, 4.69) is 15.3 Å².